The Kier molecular flexibility index (Phi) is 5.16. The van der Waals surface area contributed by atoms with Gasteiger partial charge in [-0.2, -0.15) is 0 Å². The van der Waals surface area contributed by atoms with Crippen molar-refractivity contribution in [3.05, 3.63) is 58.6 Å². The van der Waals surface area contributed by atoms with Gasteiger partial charge in [0.15, 0.2) is 0 Å². The van der Waals surface area contributed by atoms with Gasteiger partial charge in [0.05, 0.1) is 25.2 Å². The maximum atomic E-state index is 6.56. The van der Waals surface area contributed by atoms with Crippen LogP contribution >= 0.6 is 23.2 Å². The van der Waals surface area contributed by atoms with Gasteiger partial charge >= 0.3 is 0 Å². The van der Waals surface area contributed by atoms with Crippen molar-refractivity contribution in [1.82, 2.24) is 0 Å². The smallest absolute Gasteiger partial charge is 0.127 e. The van der Waals surface area contributed by atoms with E-state index < -0.39 is 0 Å². The van der Waals surface area contributed by atoms with Crippen molar-refractivity contribution >= 4 is 23.2 Å². The van der Waals surface area contributed by atoms with Gasteiger partial charge in [-0.1, -0.05) is 35.9 Å². The molecule has 4 heteroatoms. The third-order valence-corrected chi connectivity index (χ3v) is 3.88. The number of alkyl halides is 1. The molecule has 0 saturated heterocycles. The van der Waals surface area contributed by atoms with E-state index in [1.165, 1.54) is 0 Å². The molecule has 1 unspecified atom stereocenters. The first kappa shape index (κ1) is 15.0. The fourth-order valence-corrected chi connectivity index (χ4v) is 2.74. The maximum Gasteiger partial charge on any atom is 0.127 e. The number of benzene rings is 2. The maximum absolute atomic E-state index is 6.56. The van der Waals surface area contributed by atoms with Gasteiger partial charge in [-0.15, -0.1) is 11.6 Å². The molecule has 20 heavy (non-hydrogen) atoms. The minimum absolute atomic E-state index is 0.277. The van der Waals surface area contributed by atoms with Gasteiger partial charge in [-0.25, -0.2) is 0 Å². The minimum Gasteiger partial charge on any atom is -0.496 e. The zero-order chi connectivity index (χ0) is 14.5. The molecule has 2 rings (SSSR count). The lowest BCUT2D eigenvalue weighted by atomic mass is 10.0. The van der Waals surface area contributed by atoms with E-state index >= 15 is 0 Å². The van der Waals surface area contributed by atoms with Crippen LogP contribution in [0.3, 0.4) is 0 Å². The average molecular weight is 311 g/mol. The van der Waals surface area contributed by atoms with Crippen molar-refractivity contribution < 1.29 is 9.47 Å². The van der Waals surface area contributed by atoms with Crippen LogP contribution in [-0.4, -0.2) is 14.2 Å². The molecule has 2 aromatic rings. The fourth-order valence-electron chi connectivity index (χ4n) is 2.15. The summed E-state index contributed by atoms with van der Waals surface area (Å²) in [5.74, 6) is 1.44. The molecule has 106 valence electrons. The third kappa shape index (κ3) is 3.20. The Labute approximate surface area is 129 Å². The zero-order valence-electron chi connectivity index (χ0n) is 11.4. The van der Waals surface area contributed by atoms with Crippen LogP contribution in [0.25, 0.3) is 0 Å². The Balaban J connectivity index is 2.34. The predicted octanol–water partition coefficient (Wildman–Crippen LogP) is 4.88. The molecule has 0 saturated carbocycles. The van der Waals surface area contributed by atoms with Gasteiger partial charge in [0.25, 0.3) is 0 Å². The van der Waals surface area contributed by atoms with Gasteiger partial charge in [0.2, 0.25) is 0 Å². The first-order valence-corrected chi connectivity index (χ1v) is 7.07. The van der Waals surface area contributed by atoms with Gasteiger partial charge < -0.3 is 9.47 Å². The molecule has 0 radical (unpaired) electrons. The molecule has 0 aliphatic carbocycles. The van der Waals surface area contributed by atoms with Crippen molar-refractivity contribution in [2.75, 3.05) is 14.2 Å². The van der Waals surface area contributed by atoms with E-state index in [-0.39, 0.29) is 5.38 Å². The molecule has 2 aromatic carbocycles. The molecular weight excluding hydrogens is 295 g/mol. The SMILES string of the molecule is COc1cccc(OC)c1C(Cl)Cc1ccccc1Cl. The second-order valence-corrected chi connectivity index (χ2v) is 5.27. The summed E-state index contributed by atoms with van der Waals surface area (Å²) in [6, 6.07) is 13.3. The van der Waals surface area contributed by atoms with E-state index in [0.717, 1.165) is 22.6 Å². The van der Waals surface area contributed by atoms with Gasteiger partial charge in [0.1, 0.15) is 11.5 Å². The summed E-state index contributed by atoms with van der Waals surface area (Å²) in [5.41, 5.74) is 1.85. The lowest BCUT2D eigenvalue weighted by molar-refractivity contribution is 0.384. The van der Waals surface area contributed by atoms with Crippen molar-refractivity contribution in [3.8, 4) is 11.5 Å². The van der Waals surface area contributed by atoms with E-state index in [1.807, 2.05) is 42.5 Å². The Morgan fingerprint density at radius 2 is 1.55 bits per heavy atom. The van der Waals surface area contributed by atoms with Crippen LogP contribution in [0, 0.1) is 0 Å². The Morgan fingerprint density at radius 1 is 0.950 bits per heavy atom. The highest BCUT2D eigenvalue weighted by atomic mass is 35.5. The molecule has 0 fully saturated rings. The minimum atomic E-state index is -0.277. The lowest BCUT2D eigenvalue weighted by Crippen LogP contribution is -2.02. The highest BCUT2D eigenvalue weighted by Gasteiger charge is 2.20. The largest absolute Gasteiger partial charge is 0.496 e. The molecule has 1 atom stereocenters. The van der Waals surface area contributed by atoms with E-state index in [1.54, 1.807) is 14.2 Å². The first-order valence-electron chi connectivity index (χ1n) is 6.25. The van der Waals surface area contributed by atoms with Crippen LogP contribution < -0.4 is 9.47 Å². The number of hydrogen-bond acceptors (Lipinski definition) is 2. The summed E-state index contributed by atoms with van der Waals surface area (Å²) in [5, 5.41) is 0.438. The summed E-state index contributed by atoms with van der Waals surface area (Å²) in [6.07, 6.45) is 0.609. The van der Waals surface area contributed by atoms with E-state index in [9.17, 15) is 0 Å². The standard InChI is InChI=1S/C16H16Cl2O2/c1-19-14-8-5-9-15(20-2)16(14)13(18)10-11-6-3-4-7-12(11)17/h3-9,13H,10H2,1-2H3. The summed E-state index contributed by atoms with van der Waals surface area (Å²) in [4.78, 5) is 0. The molecule has 0 N–H and O–H groups in total. The van der Waals surface area contributed by atoms with Crippen LogP contribution in [-0.2, 0) is 6.42 Å². The average Bonchev–Trinajstić information content (AvgIpc) is 2.48. The van der Waals surface area contributed by atoms with Crippen molar-refractivity contribution in [1.29, 1.82) is 0 Å². The number of rotatable bonds is 5. The normalized spacial score (nSPS) is 12.0. The van der Waals surface area contributed by atoms with Gasteiger partial charge in [0, 0.05) is 5.02 Å². The summed E-state index contributed by atoms with van der Waals surface area (Å²) in [6.45, 7) is 0. The topological polar surface area (TPSA) is 18.5 Å². The molecular formula is C16H16Cl2O2. The highest BCUT2D eigenvalue weighted by molar-refractivity contribution is 6.31. The van der Waals surface area contributed by atoms with Crippen LogP contribution in [0.4, 0.5) is 0 Å². The first-order chi connectivity index (χ1) is 9.67. The Hall–Kier alpha value is -1.38. The molecule has 0 bridgehead atoms. The molecule has 0 heterocycles. The molecule has 2 nitrogen and oxygen atoms in total. The predicted molar refractivity (Wildman–Crippen MR) is 83.3 cm³/mol. The lowest BCUT2D eigenvalue weighted by Gasteiger charge is -2.18. The quantitative estimate of drug-likeness (QED) is 0.733. The van der Waals surface area contributed by atoms with Crippen molar-refractivity contribution in [2.45, 2.75) is 11.8 Å². The summed E-state index contributed by atoms with van der Waals surface area (Å²) in [7, 11) is 3.24. The molecule has 0 spiro atoms. The highest BCUT2D eigenvalue weighted by Crippen LogP contribution is 2.39. The van der Waals surface area contributed by atoms with Crippen LogP contribution in [0.1, 0.15) is 16.5 Å². The number of methoxy groups -OCH3 is 2. The van der Waals surface area contributed by atoms with Crippen molar-refractivity contribution in [3.63, 3.8) is 0 Å². The fraction of sp³-hybridized carbons (Fsp3) is 0.250. The van der Waals surface area contributed by atoms with Crippen molar-refractivity contribution in [2.24, 2.45) is 0 Å². The number of halogens is 2. The molecule has 0 aliphatic heterocycles. The zero-order valence-corrected chi connectivity index (χ0v) is 12.9. The van der Waals surface area contributed by atoms with E-state index in [2.05, 4.69) is 0 Å². The second kappa shape index (κ2) is 6.87. The van der Waals surface area contributed by atoms with Crippen LogP contribution in [0.2, 0.25) is 5.02 Å². The van der Waals surface area contributed by atoms with Gasteiger partial charge in [-0.05, 0) is 30.2 Å². The Morgan fingerprint density at radius 3 is 2.10 bits per heavy atom. The molecule has 0 aliphatic rings. The number of ether oxygens (including phenoxy) is 2. The number of hydrogen-bond donors (Lipinski definition) is 0. The second-order valence-electron chi connectivity index (χ2n) is 4.34. The van der Waals surface area contributed by atoms with E-state index in [4.69, 9.17) is 32.7 Å². The van der Waals surface area contributed by atoms with Crippen LogP contribution in [0.5, 0.6) is 11.5 Å². The molecule has 0 aromatic heterocycles. The third-order valence-electron chi connectivity index (χ3n) is 3.14. The molecule has 0 amide bonds. The monoisotopic (exact) mass is 310 g/mol. The Bertz CT molecular complexity index is 562. The van der Waals surface area contributed by atoms with Crippen LogP contribution in [0.15, 0.2) is 42.5 Å². The van der Waals surface area contributed by atoms with Gasteiger partial charge in [-0.3, -0.25) is 0 Å². The summed E-state index contributed by atoms with van der Waals surface area (Å²) >= 11 is 12.7. The van der Waals surface area contributed by atoms with E-state index in [0.29, 0.717) is 11.4 Å². The summed E-state index contributed by atoms with van der Waals surface area (Å²) < 4.78 is 10.8.